The molecule has 0 aliphatic rings. The second-order valence-electron chi connectivity index (χ2n) is 4.51. The maximum absolute atomic E-state index is 12.2. The number of rotatable bonds is 7. The van der Waals surface area contributed by atoms with Gasteiger partial charge in [-0.05, 0) is 31.5 Å². The Morgan fingerprint density at radius 2 is 2.29 bits per heavy atom. The predicted molar refractivity (Wildman–Crippen MR) is 82.7 cm³/mol. The number of anilines is 1. The van der Waals surface area contributed by atoms with E-state index < -0.39 is 0 Å². The van der Waals surface area contributed by atoms with Gasteiger partial charge in [0.25, 0.3) is 5.91 Å². The van der Waals surface area contributed by atoms with Crippen molar-refractivity contribution in [1.29, 1.82) is 0 Å². The fourth-order valence-electron chi connectivity index (χ4n) is 1.95. The first-order valence-electron chi connectivity index (χ1n) is 6.86. The van der Waals surface area contributed by atoms with E-state index in [9.17, 15) is 4.79 Å². The molecule has 0 bridgehead atoms. The third kappa shape index (κ3) is 4.46. The minimum atomic E-state index is -0.133. The predicted octanol–water partition coefficient (Wildman–Crippen LogP) is 2.25. The van der Waals surface area contributed by atoms with Crippen LogP contribution in [0.5, 0.6) is 0 Å². The average Bonchev–Trinajstić information content (AvgIpc) is 2.99. The van der Waals surface area contributed by atoms with Crippen LogP contribution in [-0.4, -0.2) is 34.2 Å². The maximum Gasteiger partial charge on any atom is 0.253 e. The van der Waals surface area contributed by atoms with Crippen molar-refractivity contribution in [2.24, 2.45) is 0 Å². The first-order chi connectivity index (χ1) is 10.2. The van der Waals surface area contributed by atoms with Crippen molar-refractivity contribution >= 4 is 23.2 Å². The molecule has 2 aromatic rings. The van der Waals surface area contributed by atoms with Gasteiger partial charge in [0.1, 0.15) is 12.2 Å². The molecule has 0 spiro atoms. The highest BCUT2D eigenvalue weighted by molar-refractivity contribution is 6.31. The molecule has 0 unspecified atom stereocenters. The van der Waals surface area contributed by atoms with E-state index in [4.69, 9.17) is 11.6 Å². The topological polar surface area (TPSA) is 82.7 Å². The van der Waals surface area contributed by atoms with E-state index in [1.165, 1.54) is 6.33 Å². The number of H-pyrrole nitrogens is 1. The number of hydrogen-bond donors (Lipinski definition) is 3. The van der Waals surface area contributed by atoms with Crippen molar-refractivity contribution in [2.75, 3.05) is 18.4 Å². The fourth-order valence-corrected chi connectivity index (χ4v) is 2.13. The Morgan fingerprint density at radius 1 is 1.43 bits per heavy atom. The summed E-state index contributed by atoms with van der Waals surface area (Å²) in [6.07, 6.45) is 3.01. The van der Waals surface area contributed by atoms with Gasteiger partial charge in [0.2, 0.25) is 0 Å². The molecule has 0 aliphatic heterocycles. The van der Waals surface area contributed by atoms with Crippen LogP contribution in [0.4, 0.5) is 5.69 Å². The monoisotopic (exact) mass is 307 g/mol. The lowest BCUT2D eigenvalue weighted by atomic mass is 10.1. The molecule has 21 heavy (non-hydrogen) atoms. The Balaban J connectivity index is 1.88. The molecule has 0 aliphatic carbocycles. The van der Waals surface area contributed by atoms with E-state index in [1.807, 2.05) is 13.0 Å². The Labute approximate surface area is 128 Å². The van der Waals surface area contributed by atoms with E-state index in [2.05, 4.69) is 25.8 Å². The number of carbonyl (C=O) groups excluding carboxylic acids is 1. The number of nitrogens with zero attached hydrogens (tertiary/aromatic N) is 2. The summed E-state index contributed by atoms with van der Waals surface area (Å²) < 4.78 is 0. The summed E-state index contributed by atoms with van der Waals surface area (Å²) in [5.41, 5.74) is 1.35. The maximum atomic E-state index is 12.2. The van der Waals surface area contributed by atoms with Gasteiger partial charge in [0.05, 0.1) is 5.56 Å². The van der Waals surface area contributed by atoms with Crippen molar-refractivity contribution in [1.82, 2.24) is 20.5 Å². The fraction of sp³-hybridized carbons (Fsp3) is 0.357. The molecule has 112 valence electrons. The molecule has 3 N–H and O–H groups in total. The molecule has 0 saturated heterocycles. The number of nitrogens with one attached hydrogen (secondary N) is 3. The molecule has 0 radical (unpaired) electrons. The van der Waals surface area contributed by atoms with Gasteiger partial charge >= 0.3 is 0 Å². The van der Waals surface area contributed by atoms with Crippen molar-refractivity contribution in [2.45, 2.75) is 19.8 Å². The highest BCUT2D eigenvalue weighted by Gasteiger charge is 2.11. The van der Waals surface area contributed by atoms with Crippen LogP contribution < -0.4 is 10.6 Å². The zero-order chi connectivity index (χ0) is 15.1. The first kappa shape index (κ1) is 15.3. The van der Waals surface area contributed by atoms with Crippen LogP contribution >= 0.6 is 11.6 Å². The van der Waals surface area contributed by atoms with Gasteiger partial charge in [-0.15, -0.1) is 0 Å². The van der Waals surface area contributed by atoms with Gasteiger partial charge in [-0.3, -0.25) is 9.89 Å². The van der Waals surface area contributed by atoms with Gasteiger partial charge in [-0.2, -0.15) is 5.10 Å². The summed E-state index contributed by atoms with van der Waals surface area (Å²) in [6.45, 7) is 3.29. The number of carbonyl (C=O) groups is 1. The second-order valence-corrected chi connectivity index (χ2v) is 4.95. The summed E-state index contributed by atoms with van der Waals surface area (Å²) in [4.78, 5) is 16.2. The lowest BCUT2D eigenvalue weighted by molar-refractivity contribution is 0.0954. The average molecular weight is 308 g/mol. The second kappa shape index (κ2) is 7.64. The summed E-state index contributed by atoms with van der Waals surface area (Å²) in [6, 6.07) is 5.25. The molecular weight excluding hydrogens is 290 g/mol. The van der Waals surface area contributed by atoms with Crippen LogP contribution in [0.3, 0.4) is 0 Å². The summed E-state index contributed by atoms with van der Waals surface area (Å²) >= 11 is 5.96. The third-order valence-electron chi connectivity index (χ3n) is 2.93. The Morgan fingerprint density at radius 3 is 3.00 bits per heavy atom. The van der Waals surface area contributed by atoms with Gasteiger partial charge in [-0.25, -0.2) is 4.98 Å². The number of amides is 1. The van der Waals surface area contributed by atoms with Gasteiger partial charge < -0.3 is 10.6 Å². The highest BCUT2D eigenvalue weighted by Crippen LogP contribution is 2.20. The molecule has 1 amide bonds. The van der Waals surface area contributed by atoms with Crippen LogP contribution in [0, 0.1) is 0 Å². The molecule has 1 aromatic carbocycles. The lowest BCUT2D eigenvalue weighted by Crippen LogP contribution is -2.26. The highest BCUT2D eigenvalue weighted by atomic mass is 35.5. The zero-order valence-electron chi connectivity index (χ0n) is 11.8. The standard InChI is InChI=1S/C14H18ClN5O/c1-2-16-12-6-5-10(15)8-11(12)14(21)17-7-3-4-13-18-9-19-20-13/h5-6,8-9,16H,2-4,7H2,1H3,(H,17,21)(H,18,19,20). The quantitative estimate of drug-likeness (QED) is 0.685. The molecule has 0 atom stereocenters. The van der Waals surface area contributed by atoms with Crippen LogP contribution in [0.15, 0.2) is 24.5 Å². The van der Waals surface area contributed by atoms with E-state index in [-0.39, 0.29) is 5.91 Å². The first-order valence-corrected chi connectivity index (χ1v) is 7.24. The number of aryl methyl sites for hydroxylation is 1. The minimum Gasteiger partial charge on any atom is -0.385 e. The van der Waals surface area contributed by atoms with E-state index in [0.29, 0.717) is 17.1 Å². The lowest BCUT2D eigenvalue weighted by Gasteiger charge is -2.11. The molecule has 6 nitrogen and oxygen atoms in total. The minimum absolute atomic E-state index is 0.133. The summed E-state index contributed by atoms with van der Waals surface area (Å²) in [5, 5.41) is 13.2. The molecular formula is C14H18ClN5O. The van der Waals surface area contributed by atoms with E-state index >= 15 is 0 Å². The van der Waals surface area contributed by atoms with Gasteiger partial charge in [-0.1, -0.05) is 11.6 Å². The number of benzene rings is 1. The van der Waals surface area contributed by atoms with Crippen molar-refractivity contribution in [3.8, 4) is 0 Å². The van der Waals surface area contributed by atoms with Crippen LogP contribution in [0.2, 0.25) is 5.02 Å². The number of aromatic nitrogens is 3. The van der Waals surface area contributed by atoms with Crippen LogP contribution in [0.25, 0.3) is 0 Å². The van der Waals surface area contributed by atoms with Crippen LogP contribution in [0.1, 0.15) is 29.5 Å². The van der Waals surface area contributed by atoms with Crippen molar-refractivity contribution in [3.63, 3.8) is 0 Å². The van der Waals surface area contributed by atoms with Gasteiger partial charge in [0, 0.05) is 30.2 Å². The molecule has 7 heteroatoms. The van der Waals surface area contributed by atoms with Crippen molar-refractivity contribution < 1.29 is 4.79 Å². The van der Waals surface area contributed by atoms with E-state index in [0.717, 1.165) is 30.9 Å². The molecule has 1 heterocycles. The smallest absolute Gasteiger partial charge is 0.253 e. The van der Waals surface area contributed by atoms with Gasteiger partial charge in [0.15, 0.2) is 0 Å². The Kier molecular flexibility index (Phi) is 5.57. The number of aromatic amines is 1. The third-order valence-corrected chi connectivity index (χ3v) is 3.17. The molecule has 0 fully saturated rings. The number of halogens is 1. The largest absolute Gasteiger partial charge is 0.385 e. The zero-order valence-corrected chi connectivity index (χ0v) is 12.6. The number of hydrogen-bond acceptors (Lipinski definition) is 4. The van der Waals surface area contributed by atoms with Crippen LogP contribution in [-0.2, 0) is 6.42 Å². The Bertz CT molecular complexity index is 585. The SMILES string of the molecule is CCNc1ccc(Cl)cc1C(=O)NCCCc1ncn[nH]1. The molecule has 1 aromatic heterocycles. The van der Waals surface area contributed by atoms with E-state index in [1.54, 1.807) is 12.1 Å². The van der Waals surface area contributed by atoms with Crippen molar-refractivity contribution in [3.05, 3.63) is 40.9 Å². The molecule has 0 saturated carbocycles. The summed E-state index contributed by atoms with van der Waals surface area (Å²) in [5.74, 6) is 0.686. The normalized spacial score (nSPS) is 10.4. The Hall–Kier alpha value is -2.08. The molecule has 2 rings (SSSR count). The summed E-state index contributed by atoms with van der Waals surface area (Å²) in [7, 11) is 0.